The first kappa shape index (κ1) is 15.1. The highest BCUT2D eigenvalue weighted by molar-refractivity contribution is 9.10. The first-order valence-corrected chi connectivity index (χ1v) is 6.61. The average Bonchev–Trinajstić information content (AvgIpc) is 2.34. The SMILES string of the molecule is COCCC(C)(C)CNC(=O)c1cncc(Br)c1. The van der Waals surface area contributed by atoms with E-state index in [1.807, 2.05) is 0 Å². The van der Waals surface area contributed by atoms with E-state index in [1.165, 1.54) is 0 Å². The third-order valence-electron chi connectivity index (χ3n) is 2.68. The third kappa shape index (κ3) is 5.14. The number of amides is 1. The van der Waals surface area contributed by atoms with E-state index in [9.17, 15) is 4.79 Å². The highest BCUT2D eigenvalue weighted by Crippen LogP contribution is 2.19. The summed E-state index contributed by atoms with van der Waals surface area (Å²) in [6, 6.07) is 1.75. The molecule has 1 heterocycles. The Kier molecular flexibility index (Phi) is 5.75. The highest BCUT2D eigenvalue weighted by Gasteiger charge is 2.19. The maximum atomic E-state index is 11.9. The topological polar surface area (TPSA) is 51.2 Å². The Hall–Kier alpha value is -0.940. The number of nitrogens with zero attached hydrogens (tertiary/aromatic N) is 1. The second-order valence-electron chi connectivity index (χ2n) is 4.98. The molecule has 1 N–H and O–H groups in total. The number of hydrogen-bond donors (Lipinski definition) is 1. The van der Waals surface area contributed by atoms with Gasteiger partial charge in [-0.3, -0.25) is 9.78 Å². The summed E-state index contributed by atoms with van der Waals surface area (Å²) in [6.07, 6.45) is 4.11. The van der Waals surface area contributed by atoms with Crippen LogP contribution >= 0.6 is 15.9 Å². The molecule has 0 aromatic carbocycles. The van der Waals surface area contributed by atoms with Crippen LogP contribution in [0, 0.1) is 5.41 Å². The maximum absolute atomic E-state index is 11.9. The van der Waals surface area contributed by atoms with Crippen molar-refractivity contribution in [1.29, 1.82) is 0 Å². The molecule has 0 saturated carbocycles. The number of rotatable bonds is 6. The molecule has 1 aromatic heterocycles. The number of pyridine rings is 1. The van der Waals surface area contributed by atoms with Crippen LogP contribution < -0.4 is 5.32 Å². The summed E-state index contributed by atoms with van der Waals surface area (Å²) in [5, 5.41) is 2.92. The summed E-state index contributed by atoms with van der Waals surface area (Å²) in [6.45, 7) is 5.51. The largest absolute Gasteiger partial charge is 0.385 e. The van der Waals surface area contributed by atoms with Gasteiger partial charge in [-0.25, -0.2) is 0 Å². The minimum atomic E-state index is -0.103. The van der Waals surface area contributed by atoms with E-state index in [2.05, 4.69) is 40.1 Å². The Morgan fingerprint density at radius 3 is 2.83 bits per heavy atom. The summed E-state index contributed by atoms with van der Waals surface area (Å²) in [5.74, 6) is -0.103. The highest BCUT2D eigenvalue weighted by atomic mass is 79.9. The molecule has 0 aliphatic rings. The van der Waals surface area contributed by atoms with Crippen LogP contribution in [0.25, 0.3) is 0 Å². The van der Waals surface area contributed by atoms with Crippen LogP contribution in [0.5, 0.6) is 0 Å². The fraction of sp³-hybridized carbons (Fsp3) is 0.538. The number of methoxy groups -OCH3 is 1. The molecule has 1 amide bonds. The minimum Gasteiger partial charge on any atom is -0.385 e. The zero-order chi connectivity index (χ0) is 13.6. The minimum absolute atomic E-state index is 0.0190. The second kappa shape index (κ2) is 6.85. The smallest absolute Gasteiger partial charge is 0.252 e. The summed E-state index contributed by atoms with van der Waals surface area (Å²) in [5.41, 5.74) is 0.581. The number of carbonyl (C=O) groups excluding carboxylic acids is 1. The monoisotopic (exact) mass is 314 g/mol. The normalized spacial score (nSPS) is 11.3. The van der Waals surface area contributed by atoms with Crippen molar-refractivity contribution < 1.29 is 9.53 Å². The van der Waals surface area contributed by atoms with Crippen molar-refractivity contribution in [2.75, 3.05) is 20.3 Å². The van der Waals surface area contributed by atoms with Crippen LogP contribution in [-0.2, 0) is 4.74 Å². The summed E-state index contributed by atoms with van der Waals surface area (Å²) >= 11 is 3.30. The standard InChI is InChI=1S/C13H19BrN2O2/c1-13(2,4-5-18-3)9-16-12(17)10-6-11(14)8-15-7-10/h6-8H,4-5,9H2,1-3H3,(H,16,17). The number of carbonyl (C=O) groups is 1. The predicted octanol–water partition coefficient (Wildman–Crippen LogP) is 2.64. The summed E-state index contributed by atoms with van der Waals surface area (Å²) < 4.78 is 5.86. The number of nitrogens with one attached hydrogen (secondary N) is 1. The van der Waals surface area contributed by atoms with Gasteiger partial charge in [0.15, 0.2) is 0 Å². The molecule has 1 aromatic rings. The predicted molar refractivity (Wildman–Crippen MR) is 74.5 cm³/mol. The molecule has 0 spiro atoms. The van der Waals surface area contributed by atoms with Crippen molar-refractivity contribution >= 4 is 21.8 Å². The van der Waals surface area contributed by atoms with Crippen LogP contribution in [0.4, 0.5) is 0 Å². The van der Waals surface area contributed by atoms with Gasteiger partial charge in [-0.15, -0.1) is 0 Å². The quantitative estimate of drug-likeness (QED) is 0.878. The Labute approximate surface area is 116 Å². The molecule has 0 saturated heterocycles. The summed E-state index contributed by atoms with van der Waals surface area (Å²) in [4.78, 5) is 15.9. The van der Waals surface area contributed by atoms with E-state index in [-0.39, 0.29) is 11.3 Å². The van der Waals surface area contributed by atoms with Gasteiger partial charge in [-0.2, -0.15) is 0 Å². The van der Waals surface area contributed by atoms with E-state index >= 15 is 0 Å². The number of halogens is 1. The van der Waals surface area contributed by atoms with E-state index in [4.69, 9.17) is 4.74 Å². The number of ether oxygens (including phenoxy) is 1. The van der Waals surface area contributed by atoms with Gasteiger partial charge in [0, 0.05) is 37.1 Å². The molecule has 0 bridgehead atoms. The average molecular weight is 315 g/mol. The first-order valence-electron chi connectivity index (χ1n) is 5.82. The van der Waals surface area contributed by atoms with Gasteiger partial charge in [0.05, 0.1) is 5.56 Å². The molecule has 0 fully saturated rings. The molecule has 0 atom stereocenters. The van der Waals surface area contributed by atoms with Crippen molar-refractivity contribution in [1.82, 2.24) is 10.3 Å². The van der Waals surface area contributed by atoms with E-state index < -0.39 is 0 Å². The van der Waals surface area contributed by atoms with E-state index in [0.29, 0.717) is 18.7 Å². The molecule has 1 rings (SSSR count). The van der Waals surface area contributed by atoms with Gasteiger partial charge >= 0.3 is 0 Å². The zero-order valence-corrected chi connectivity index (χ0v) is 12.6. The first-order chi connectivity index (χ1) is 8.44. The maximum Gasteiger partial charge on any atom is 0.252 e. The third-order valence-corrected chi connectivity index (χ3v) is 3.11. The van der Waals surface area contributed by atoms with Crippen molar-refractivity contribution in [2.45, 2.75) is 20.3 Å². The second-order valence-corrected chi connectivity index (χ2v) is 5.90. The van der Waals surface area contributed by atoms with Crippen LogP contribution in [-0.4, -0.2) is 31.2 Å². The fourth-order valence-corrected chi connectivity index (χ4v) is 1.79. The molecule has 0 aliphatic carbocycles. The Balaban J connectivity index is 2.50. The molecule has 0 aliphatic heterocycles. The number of hydrogen-bond acceptors (Lipinski definition) is 3. The van der Waals surface area contributed by atoms with Crippen molar-refractivity contribution in [2.24, 2.45) is 5.41 Å². The molecule has 18 heavy (non-hydrogen) atoms. The van der Waals surface area contributed by atoms with Gasteiger partial charge in [0.25, 0.3) is 5.91 Å². The Morgan fingerprint density at radius 2 is 2.22 bits per heavy atom. The van der Waals surface area contributed by atoms with Crippen LogP contribution in [0.1, 0.15) is 30.6 Å². The molecular formula is C13H19BrN2O2. The fourth-order valence-electron chi connectivity index (χ4n) is 1.42. The van der Waals surface area contributed by atoms with Crippen LogP contribution in [0.2, 0.25) is 0 Å². The van der Waals surface area contributed by atoms with Gasteiger partial charge < -0.3 is 10.1 Å². The van der Waals surface area contributed by atoms with Crippen LogP contribution in [0.15, 0.2) is 22.9 Å². The lowest BCUT2D eigenvalue weighted by atomic mass is 9.89. The van der Waals surface area contributed by atoms with Gasteiger partial charge in [0.2, 0.25) is 0 Å². The lowest BCUT2D eigenvalue weighted by molar-refractivity contribution is 0.0920. The molecular weight excluding hydrogens is 296 g/mol. The molecule has 4 nitrogen and oxygen atoms in total. The van der Waals surface area contributed by atoms with Crippen molar-refractivity contribution in [3.63, 3.8) is 0 Å². The summed E-state index contributed by atoms with van der Waals surface area (Å²) in [7, 11) is 1.68. The van der Waals surface area contributed by atoms with Crippen molar-refractivity contribution in [3.05, 3.63) is 28.5 Å². The van der Waals surface area contributed by atoms with E-state index in [0.717, 1.165) is 10.9 Å². The molecule has 0 unspecified atom stereocenters. The lowest BCUT2D eigenvalue weighted by Gasteiger charge is -2.24. The Morgan fingerprint density at radius 1 is 1.50 bits per heavy atom. The van der Waals surface area contributed by atoms with Gasteiger partial charge in [-0.05, 0) is 33.8 Å². The zero-order valence-electron chi connectivity index (χ0n) is 11.0. The van der Waals surface area contributed by atoms with Crippen LogP contribution in [0.3, 0.4) is 0 Å². The Bertz CT molecular complexity index is 408. The molecule has 0 radical (unpaired) electrons. The molecule has 100 valence electrons. The van der Waals surface area contributed by atoms with E-state index in [1.54, 1.807) is 25.6 Å². The van der Waals surface area contributed by atoms with Gasteiger partial charge in [-0.1, -0.05) is 13.8 Å². The lowest BCUT2D eigenvalue weighted by Crippen LogP contribution is -2.34. The number of aromatic nitrogens is 1. The molecule has 5 heteroatoms. The van der Waals surface area contributed by atoms with Gasteiger partial charge in [0.1, 0.15) is 0 Å². The van der Waals surface area contributed by atoms with Crippen molar-refractivity contribution in [3.8, 4) is 0 Å².